The number of benzene rings is 1. The molecule has 2 aromatic rings. The number of nitrogens with zero attached hydrogens (tertiary/aromatic N) is 3. The van der Waals surface area contributed by atoms with E-state index in [1.165, 1.54) is 5.56 Å². The standard InChI is InChI=1S/C19H25N3O2/c1-19(9-5-13-24-19)18-20-10-8-17(21-18)15-22(11-12-23)14-16-6-3-2-4-7-16/h2-4,6-8,10,23H,5,9,11-15H2,1H3/t19-/m1/s1. The van der Waals surface area contributed by atoms with Crippen molar-refractivity contribution in [3.63, 3.8) is 0 Å². The third-order valence-electron chi connectivity index (χ3n) is 4.46. The van der Waals surface area contributed by atoms with Crippen LogP contribution in [-0.4, -0.2) is 39.7 Å². The summed E-state index contributed by atoms with van der Waals surface area (Å²) in [6.07, 6.45) is 3.82. The minimum absolute atomic E-state index is 0.131. The molecule has 0 saturated carbocycles. The molecule has 24 heavy (non-hydrogen) atoms. The van der Waals surface area contributed by atoms with Crippen molar-refractivity contribution in [1.82, 2.24) is 14.9 Å². The minimum atomic E-state index is -0.364. The molecule has 1 N–H and O–H groups in total. The topological polar surface area (TPSA) is 58.5 Å². The summed E-state index contributed by atoms with van der Waals surface area (Å²) in [5.41, 5.74) is 1.82. The first-order chi connectivity index (χ1) is 11.7. The van der Waals surface area contributed by atoms with Crippen molar-refractivity contribution >= 4 is 0 Å². The average Bonchev–Trinajstić information content (AvgIpc) is 3.04. The van der Waals surface area contributed by atoms with Crippen LogP contribution in [0, 0.1) is 0 Å². The normalized spacial score (nSPS) is 20.6. The number of hydrogen-bond acceptors (Lipinski definition) is 5. The Hall–Kier alpha value is -1.82. The molecule has 0 bridgehead atoms. The number of aliphatic hydroxyl groups excluding tert-OH is 1. The first-order valence-corrected chi connectivity index (χ1v) is 8.53. The summed E-state index contributed by atoms with van der Waals surface area (Å²) in [4.78, 5) is 11.4. The summed E-state index contributed by atoms with van der Waals surface area (Å²) in [6, 6.07) is 12.2. The molecule has 5 nitrogen and oxygen atoms in total. The van der Waals surface area contributed by atoms with Crippen LogP contribution in [0.25, 0.3) is 0 Å². The van der Waals surface area contributed by atoms with E-state index in [0.717, 1.165) is 37.5 Å². The van der Waals surface area contributed by atoms with E-state index in [1.54, 1.807) is 0 Å². The lowest BCUT2D eigenvalue weighted by atomic mass is 10.0. The van der Waals surface area contributed by atoms with Crippen LogP contribution in [0.15, 0.2) is 42.6 Å². The second kappa shape index (κ2) is 7.83. The first kappa shape index (κ1) is 17.0. The smallest absolute Gasteiger partial charge is 0.160 e. The molecule has 1 saturated heterocycles. The highest BCUT2D eigenvalue weighted by atomic mass is 16.5. The summed E-state index contributed by atoms with van der Waals surface area (Å²) in [5, 5.41) is 9.37. The van der Waals surface area contributed by atoms with E-state index in [0.29, 0.717) is 13.1 Å². The summed E-state index contributed by atoms with van der Waals surface area (Å²) in [6.45, 7) is 5.05. The quantitative estimate of drug-likeness (QED) is 0.847. The van der Waals surface area contributed by atoms with Gasteiger partial charge < -0.3 is 9.84 Å². The number of aromatic nitrogens is 2. The van der Waals surface area contributed by atoms with Crippen LogP contribution in [0.5, 0.6) is 0 Å². The van der Waals surface area contributed by atoms with Gasteiger partial charge in [0.15, 0.2) is 5.82 Å². The van der Waals surface area contributed by atoms with Gasteiger partial charge in [0.1, 0.15) is 5.60 Å². The van der Waals surface area contributed by atoms with Crippen molar-refractivity contribution in [2.75, 3.05) is 19.8 Å². The lowest BCUT2D eigenvalue weighted by Gasteiger charge is -2.24. The lowest BCUT2D eigenvalue weighted by molar-refractivity contribution is 0.00899. The van der Waals surface area contributed by atoms with Crippen LogP contribution >= 0.6 is 0 Å². The third-order valence-corrected chi connectivity index (χ3v) is 4.46. The van der Waals surface area contributed by atoms with Crippen LogP contribution in [0.3, 0.4) is 0 Å². The predicted octanol–water partition coefficient (Wildman–Crippen LogP) is 2.50. The Morgan fingerprint density at radius 3 is 2.75 bits per heavy atom. The second-order valence-corrected chi connectivity index (χ2v) is 6.47. The molecule has 1 aromatic heterocycles. The molecule has 3 rings (SSSR count). The Morgan fingerprint density at radius 2 is 2.04 bits per heavy atom. The fraction of sp³-hybridized carbons (Fsp3) is 0.474. The number of ether oxygens (including phenoxy) is 1. The maximum absolute atomic E-state index is 9.37. The van der Waals surface area contributed by atoms with Crippen LogP contribution < -0.4 is 0 Å². The molecule has 1 aliphatic rings. The molecule has 1 aliphatic heterocycles. The van der Waals surface area contributed by atoms with Gasteiger partial charge in [0.05, 0.1) is 12.3 Å². The predicted molar refractivity (Wildman–Crippen MR) is 92.2 cm³/mol. The average molecular weight is 327 g/mol. The Balaban J connectivity index is 1.72. The fourth-order valence-corrected chi connectivity index (χ4v) is 3.12. The lowest BCUT2D eigenvalue weighted by Crippen LogP contribution is -2.28. The van der Waals surface area contributed by atoms with E-state index in [-0.39, 0.29) is 12.2 Å². The first-order valence-electron chi connectivity index (χ1n) is 8.53. The molecule has 0 aliphatic carbocycles. The van der Waals surface area contributed by atoms with Crippen LogP contribution in [0.2, 0.25) is 0 Å². The zero-order valence-electron chi connectivity index (χ0n) is 14.2. The van der Waals surface area contributed by atoms with Crippen LogP contribution in [0.1, 0.15) is 36.8 Å². The van der Waals surface area contributed by atoms with Gasteiger partial charge in [-0.15, -0.1) is 0 Å². The largest absolute Gasteiger partial charge is 0.395 e. The molecule has 0 unspecified atom stereocenters. The zero-order chi connectivity index (χ0) is 16.8. The molecular weight excluding hydrogens is 302 g/mol. The SMILES string of the molecule is C[C@]1(c2nccc(CN(CCO)Cc3ccccc3)n2)CCCO1. The molecule has 128 valence electrons. The van der Waals surface area contributed by atoms with Crippen molar-refractivity contribution < 1.29 is 9.84 Å². The summed E-state index contributed by atoms with van der Waals surface area (Å²) in [7, 11) is 0. The van der Waals surface area contributed by atoms with Gasteiger partial charge in [-0.2, -0.15) is 0 Å². The van der Waals surface area contributed by atoms with E-state index in [9.17, 15) is 5.11 Å². The maximum Gasteiger partial charge on any atom is 0.160 e. The third kappa shape index (κ3) is 4.17. The number of rotatable bonds is 7. The molecule has 2 heterocycles. The van der Waals surface area contributed by atoms with Crippen molar-refractivity contribution in [1.29, 1.82) is 0 Å². The molecular formula is C19H25N3O2. The van der Waals surface area contributed by atoms with Gasteiger partial charge in [-0.1, -0.05) is 30.3 Å². The highest BCUT2D eigenvalue weighted by molar-refractivity contribution is 5.15. The summed E-state index contributed by atoms with van der Waals surface area (Å²) in [5.74, 6) is 0.765. The van der Waals surface area contributed by atoms with Crippen molar-refractivity contribution in [3.05, 3.63) is 59.7 Å². The molecule has 0 spiro atoms. The van der Waals surface area contributed by atoms with Crippen LogP contribution in [0.4, 0.5) is 0 Å². The Morgan fingerprint density at radius 1 is 1.21 bits per heavy atom. The van der Waals surface area contributed by atoms with E-state index >= 15 is 0 Å². The Kier molecular flexibility index (Phi) is 5.56. The van der Waals surface area contributed by atoms with E-state index in [4.69, 9.17) is 9.72 Å². The highest BCUT2D eigenvalue weighted by Gasteiger charge is 2.34. The van der Waals surface area contributed by atoms with Gasteiger partial charge in [0.2, 0.25) is 0 Å². The van der Waals surface area contributed by atoms with Gasteiger partial charge in [0, 0.05) is 32.4 Å². The fourth-order valence-electron chi connectivity index (χ4n) is 3.12. The minimum Gasteiger partial charge on any atom is -0.395 e. The zero-order valence-corrected chi connectivity index (χ0v) is 14.2. The second-order valence-electron chi connectivity index (χ2n) is 6.47. The summed E-state index contributed by atoms with van der Waals surface area (Å²) >= 11 is 0. The van der Waals surface area contributed by atoms with Crippen LogP contribution in [-0.2, 0) is 23.4 Å². The number of aliphatic hydroxyl groups is 1. The van der Waals surface area contributed by atoms with Crippen molar-refractivity contribution in [2.24, 2.45) is 0 Å². The molecule has 5 heteroatoms. The van der Waals surface area contributed by atoms with Gasteiger partial charge in [0.25, 0.3) is 0 Å². The van der Waals surface area contributed by atoms with Gasteiger partial charge in [-0.25, -0.2) is 9.97 Å². The molecule has 0 amide bonds. The van der Waals surface area contributed by atoms with E-state index < -0.39 is 0 Å². The van der Waals surface area contributed by atoms with E-state index in [1.807, 2.05) is 30.5 Å². The van der Waals surface area contributed by atoms with Crippen molar-refractivity contribution in [3.8, 4) is 0 Å². The molecule has 1 atom stereocenters. The maximum atomic E-state index is 9.37. The van der Waals surface area contributed by atoms with E-state index in [2.05, 4.69) is 28.9 Å². The molecule has 1 fully saturated rings. The molecule has 0 radical (unpaired) electrons. The number of hydrogen-bond donors (Lipinski definition) is 1. The Bertz CT molecular complexity index is 642. The van der Waals surface area contributed by atoms with Gasteiger partial charge >= 0.3 is 0 Å². The molecule has 1 aromatic carbocycles. The Labute approximate surface area is 143 Å². The monoisotopic (exact) mass is 327 g/mol. The summed E-state index contributed by atoms with van der Waals surface area (Å²) < 4.78 is 5.85. The highest BCUT2D eigenvalue weighted by Crippen LogP contribution is 2.33. The van der Waals surface area contributed by atoms with Crippen molar-refractivity contribution in [2.45, 2.75) is 38.5 Å². The van der Waals surface area contributed by atoms with Gasteiger partial charge in [-0.3, -0.25) is 4.90 Å². The van der Waals surface area contributed by atoms with Gasteiger partial charge in [-0.05, 0) is 31.4 Å².